The van der Waals surface area contributed by atoms with Crippen LogP contribution in [-0.2, 0) is 7.05 Å². The van der Waals surface area contributed by atoms with Crippen LogP contribution in [0.4, 0.5) is 11.4 Å². The maximum atomic E-state index is 12.6. The van der Waals surface area contributed by atoms with Gasteiger partial charge in [-0.05, 0) is 36.8 Å². The lowest BCUT2D eigenvalue weighted by Crippen LogP contribution is -2.19. The molecule has 3 rings (SSSR count). The van der Waals surface area contributed by atoms with Gasteiger partial charge in [-0.25, -0.2) is 4.98 Å². The molecule has 1 aromatic heterocycles. The average molecular weight is 334 g/mol. The molecular weight excluding hydrogens is 316 g/mol. The zero-order valence-corrected chi connectivity index (χ0v) is 14.0. The summed E-state index contributed by atoms with van der Waals surface area (Å²) < 4.78 is 1.62. The molecule has 0 aliphatic carbocycles. The smallest absolute Gasteiger partial charge is 0.273 e. The molecule has 126 valence electrons. The van der Waals surface area contributed by atoms with E-state index < -0.39 is 0 Å². The van der Waals surface area contributed by atoms with E-state index in [4.69, 9.17) is 0 Å². The van der Waals surface area contributed by atoms with Crippen molar-refractivity contribution in [3.63, 3.8) is 0 Å². The molecule has 0 unspecified atom stereocenters. The molecule has 6 heteroatoms. The van der Waals surface area contributed by atoms with E-state index in [2.05, 4.69) is 15.6 Å². The van der Waals surface area contributed by atoms with Crippen molar-refractivity contribution in [1.82, 2.24) is 9.55 Å². The number of carbonyl (C=O) groups excluding carboxylic acids is 2. The number of aromatic nitrogens is 2. The van der Waals surface area contributed by atoms with E-state index in [1.165, 1.54) is 6.20 Å². The van der Waals surface area contributed by atoms with Gasteiger partial charge in [-0.1, -0.05) is 24.3 Å². The lowest BCUT2D eigenvalue weighted by molar-refractivity contribution is 0.101. The summed E-state index contributed by atoms with van der Waals surface area (Å²) in [5, 5.41) is 5.62. The highest BCUT2D eigenvalue weighted by atomic mass is 16.2. The number of para-hydroxylation sites is 1. The predicted octanol–water partition coefficient (Wildman–Crippen LogP) is 3.23. The number of carbonyl (C=O) groups is 2. The Balaban J connectivity index is 1.82. The molecule has 0 bridgehead atoms. The molecule has 0 radical (unpaired) electrons. The minimum absolute atomic E-state index is 0.286. The number of hydrogen-bond acceptors (Lipinski definition) is 3. The zero-order chi connectivity index (χ0) is 17.8. The summed E-state index contributed by atoms with van der Waals surface area (Å²) in [6, 6.07) is 14.4. The quantitative estimate of drug-likeness (QED) is 0.769. The summed E-state index contributed by atoms with van der Waals surface area (Å²) >= 11 is 0. The Bertz CT molecular complexity index is 930. The van der Waals surface area contributed by atoms with Crippen molar-refractivity contribution >= 4 is 23.2 Å². The standard InChI is InChI=1S/C19H18N4O2/c1-13-6-5-7-14(10-13)21-18(24)15-8-3-4-9-16(15)22-19(25)17-11-20-12-23(17)2/h3-12H,1-2H3,(H,21,24)(H,22,25). The van der Waals surface area contributed by atoms with Crippen LogP contribution in [0.5, 0.6) is 0 Å². The third-order valence-corrected chi connectivity index (χ3v) is 3.75. The van der Waals surface area contributed by atoms with Gasteiger partial charge in [0.2, 0.25) is 0 Å². The average Bonchev–Trinajstić information content (AvgIpc) is 3.01. The third-order valence-electron chi connectivity index (χ3n) is 3.75. The topological polar surface area (TPSA) is 76.0 Å². The molecule has 0 spiro atoms. The molecule has 0 fully saturated rings. The number of anilines is 2. The van der Waals surface area contributed by atoms with E-state index in [1.807, 2.05) is 31.2 Å². The van der Waals surface area contributed by atoms with Crippen LogP contribution in [0.25, 0.3) is 0 Å². The van der Waals surface area contributed by atoms with Crippen LogP contribution in [0.3, 0.4) is 0 Å². The Hall–Kier alpha value is -3.41. The fraction of sp³-hybridized carbons (Fsp3) is 0.105. The molecule has 0 aliphatic rings. The predicted molar refractivity (Wildman–Crippen MR) is 96.7 cm³/mol. The number of aryl methyl sites for hydroxylation is 2. The van der Waals surface area contributed by atoms with Crippen molar-refractivity contribution in [3.05, 3.63) is 77.9 Å². The van der Waals surface area contributed by atoms with E-state index >= 15 is 0 Å². The minimum Gasteiger partial charge on any atom is -0.330 e. The highest BCUT2D eigenvalue weighted by molar-refractivity contribution is 6.12. The first kappa shape index (κ1) is 16.4. The summed E-state index contributed by atoms with van der Waals surface area (Å²) in [5.41, 5.74) is 3.00. The number of hydrogen-bond donors (Lipinski definition) is 2. The highest BCUT2D eigenvalue weighted by Gasteiger charge is 2.16. The summed E-state index contributed by atoms with van der Waals surface area (Å²) in [6.45, 7) is 1.96. The van der Waals surface area contributed by atoms with E-state index in [1.54, 1.807) is 42.2 Å². The van der Waals surface area contributed by atoms with Crippen LogP contribution in [0.15, 0.2) is 61.1 Å². The molecule has 2 amide bonds. The molecule has 0 saturated heterocycles. The first-order valence-electron chi connectivity index (χ1n) is 7.79. The molecule has 1 heterocycles. The van der Waals surface area contributed by atoms with Crippen LogP contribution in [0, 0.1) is 6.92 Å². The Morgan fingerprint density at radius 3 is 2.52 bits per heavy atom. The van der Waals surface area contributed by atoms with E-state index in [0.29, 0.717) is 22.6 Å². The second-order valence-electron chi connectivity index (χ2n) is 5.71. The van der Waals surface area contributed by atoms with Gasteiger partial charge in [0.15, 0.2) is 0 Å². The Morgan fingerprint density at radius 2 is 1.80 bits per heavy atom. The lowest BCUT2D eigenvalue weighted by atomic mass is 10.1. The fourth-order valence-corrected chi connectivity index (χ4v) is 2.47. The number of imidazole rings is 1. The van der Waals surface area contributed by atoms with Gasteiger partial charge in [0, 0.05) is 12.7 Å². The molecule has 0 atom stereocenters. The number of nitrogens with one attached hydrogen (secondary N) is 2. The summed E-state index contributed by atoms with van der Waals surface area (Å²) in [7, 11) is 1.73. The second-order valence-corrected chi connectivity index (χ2v) is 5.71. The van der Waals surface area contributed by atoms with E-state index in [9.17, 15) is 9.59 Å². The van der Waals surface area contributed by atoms with Crippen LogP contribution < -0.4 is 10.6 Å². The van der Waals surface area contributed by atoms with Crippen LogP contribution in [0.2, 0.25) is 0 Å². The van der Waals surface area contributed by atoms with Gasteiger partial charge in [-0.15, -0.1) is 0 Å². The largest absolute Gasteiger partial charge is 0.330 e. The highest BCUT2D eigenvalue weighted by Crippen LogP contribution is 2.19. The molecule has 2 N–H and O–H groups in total. The van der Waals surface area contributed by atoms with Crippen LogP contribution in [0.1, 0.15) is 26.4 Å². The van der Waals surface area contributed by atoms with Crippen molar-refractivity contribution < 1.29 is 9.59 Å². The molecule has 0 aliphatic heterocycles. The number of nitrogens with zero attached hydrogens (tertiary/aromatic N) is 2. The van der Waals surface area contributed by atoms with Crippen molar-refractivity contribution in [2.24, 2.45) is 7.05 Å². The maximum absolute atomic E-state index is 12.6. The first-order chi connectivity index (χ1) is 12.0. The first-order valence-corrected chi connectivity index (χ1v) is 7.79. The van der Waals surface area contributed by atoms with Gasteiger partial charge >= 0.3 is 0 Å². The molecule has 3 aromatic rings. The normalized spacial score (nSPS) is 10.3. The van der Waals surface area contributed by atoms with Gasteiger partial charge in [0.05, 0.1) is 23.8 Å². The molecule has 25 heavy (non-hydrogen) atoms. The maximum Gasteiger partial charge on any atom is 0.273 e. The van der Waals surface area contributed by atoms with Gasteiger partial charge in [-0.2, -0.15) is 0 Å². The van der Waals surface area contributed by atoms with Crippen molar-refractivity contribution in [3.8, 4) is 0 Å². The van der Waals surface area contributed by atoms with Crippen molar-refractivity contribution in [2.75, 3.05) is 10.6 Å². The van der Waals surface area contributed by atoms with Gasteiger partial charge in [0.25, 0.3) is 11.8 Å². The van der Waals surface area contributed by atoms with Crippen LogP contribution in [-0.4, -0.2) is 21.4 Å². The molecule has 6 nitrogen and oxygen atoms in total. The van der Waals surface area contributed by atoms with Crippen molar-refractivity contribution in [1.29, 1.82) is 0 Å². The monoisotopic (exact) mass is 334 g/mol. The summed E-state index contributed by atoms with van der Waals surface area (Å²) in [4.78, 5) is 28.9. The minimum atomic E-state index is -0.323. The molecular formula is C19H18N4O2. The Morgan fingerprint density at radius 1 is 1.00 bits per heavy atom. The van der Waals surface area contributed by atoms with Crippen molar-refractivity contribution in [2.45, 2.75) is 6.92 Å². The van der Waals surface area contributed by atoms with Gasteiger partial charge in [0.1, 0.15) is 5.69 Å². The SMILES string of the molecule is Cc1cccc(NC(=O)c2ccccc2NC(=O)c2cncn2C)c1. The van der Waals surface area contributed by atoms with Gasteiger partial charge < -0.3 is 15.2 Å². The number of amides is 2. The Labute approximate surface area is 145 Å². The third kappa shape index (κ3) is 3.74. The zero-order valence-electron chi connectivity index (χ0n) is 14.0. The Kier molecular flexibility index (Phi) is 4.61. The van der Waals surface area contributed by atoms with Gasteiger partial charge in [-0.3, -0.25) is 9.59 Å². The van der Waals surface area contributed by atoms with E-state index in [0.717, 1.165) is 5.56 Å². The summed E-state index contributed by atoms with van der Waals surface area (Å²) in [6.07, 6.45) is 3.02. The molecule has 2 aromatic carbocycles. The summed E-state index contributed by atoms with van der Waals surface area (Å²) in [5.74, 6) is -0.609. The second kappa shape index (κ2) is 7.00. The molecule has 0 saturated carbocycles. The number of benzene rings is 2. The fourth-order valence-electron chi connectivity index (χ4n) is 2.47. The van der Waals surface area contributed by atoms with E-state index in [-0.39, 0.29) is 11.8 Å². The number of rotatable bonds is 4. The van der Waals surface area contributed by atoms with Crippen LogP contribution >= 0.6 is 0 Å². The lowest BCUT2D eigenvalue weighted by Gasteiger charge is -2.12.